The molecule has 0 aliphatic rings. The van der Waals surface area contributed by atoms with E-state index in [1.807, 2.05) is 30.3 Å². The SMILES string of the molecule is CCC(=O)c1c(OC)cc(OC)c(OCc2ccccc2)c1OC(=O)CC[C@H](C)[C@H](OC)[C@H](C)CO[Si](C(C)C)(C(C)C)C(C)C. The fourth-order valence-electron chi connectivity index (χ4n) is 6.88. The lowest BCUT2D eigenvalue weighted by atomic mass is 9.90. The molecule has 2 rings (SSSR count). The van der Waals surface area contributed by atoms with Crippen molar-refractivity contribution < 1.29 is 37.7 Å². The molecule has 2 aromatic carbocycles. The third kappa shape index (κ3) is 9.58. The van der Waals surface area contributed by atoms with E-state index in [0.717, 1.165) is 5.56 Å². The highest BCUT2D eigenvalue weighted by molar-refractivity contribution is 6.77. The number of esters is 1. The number of hydrogen-bond donors (Lipinski definition) is 0. The molecule has 0 amide bonds. The van der Waals surface area contributed by atoms with Crippen molar-refractivity contribution in [3.05, 3.63) is 47.5 Å². The van der Waals surface area contributed by atoms with E-state index in [0.29, 0.717) is 35.4 Å². The van der Waals surface area contributed by atoms with Crippen LogP contribution in [-0.4, -0.2) is 54.1 Å². The number of hydrogen-bond acceptors (Lipinski definition) is 8. The molecule has 0 aliphatic carbocycles. The Labute approximate surface area is 278 Å². The Balaban J connectivity index is 2.27. The Hall–Kier alpha value is -2.88. The van der Waals surface area contributed by atoms with Crippen LogP contribution < -0.4 is 18.9 Å². The van der Waals surface area contributed by atoms with Crippen molar-refractivity contribution in [3.63, 3.8) is 0 Å². The quantitative estimate of drug-likeness (QED) is 0.0603. The van der Waals surface area contributed by atoms with Crippen LogP contribution in [0.4, 0.5) is 0 Å². The maximum absolute atomic E-state index is 13.4. The van der Waals surface area contributed by atoms with Gasteiger partial charge in [-0.05, 0) is 34.5 Å². The molecule has 0 saturated carbocycles. The molecule has 2 aromatic rings. The summed E-state index contributed by atoms with van der Waals surface area (Å²) in [5.74, 6) is 0.206. The number of benzene rings is 2. The van der Waals surface area contributed by atoms with Gasteiger partial charge in [0.05, 0.1) is 20.3 Å². The molecular weight excluding hydrogens is 600 g/mol. The summed E-state index contributed by atoms with van der Waals surface area (Å²) in [6.07, 6.45) is 0.729. The van der Waals surface area contributed by atoms with Crippen LogP contribution in [-0.2, 0) is 20.6 Å². The molecule has 0 unspecified atom stereocenters. The number of carbonyl (C=O) groups is 2. The van der Waals surface area contributed by atoms with Crippen molar-refractivity contribution in [1.29, 1.82) is 0 Å². The standard InChI is InChI=1S/C37H58O8Si/c1-13-30(38)34-31(40-10)21-32(41-11)36(43-23-29-17-15-14-16-18-29)37(34)45-33(39)20-19-27(8)35(42-12)28(9)22-44-46(24(2)3,25(4)5)26(6)7/h14-18,21,24-28,35H,13,19-20,22-23H2,1-12H3/t27-,28+,35-/m0/s1. The molecule has 0 aromatic heterocycles. The highest BCUT2D eigenvalue weighted by atomic mass is 28.4. The summed E-state index contributed by atoms with van der Waals surface area (Å²) < 4.78 is 36.1. The molecule has 9 heteroatoms. The number of ether oxygens (including phenoxy) is 5. The highest BCUT2D eigenvalue weighted by Crippen LogP contribution is 2.47. The fourth-order valence-corrected chi connectivity index (χ4v) is 12.4. The van der Waals surface area contributed by atoms with Gasteiger partial charge in [-0.25, -0.2) is 0 Å². The third-order valence-corrected chi connectivity index (χ3v) is 15.2. The van der Waals surface area contributed by atoms with Crippen molar-refractivity contribution in [2.45, 2.75) is 111 Å². The van der Waals surface area contributed by atoms with Crippen LogP contribution in [0.5, 0.6) is 23.0 Å². The zero-order valence-corrected chi connectivity index (χ0v) is 31.2. The van der Waals surface area contributed by atoms with Crippen molar-refractivity contribution >= 4 is 20.1 Å². The number of ketones is 1. The van der Waals surface area contributed by atoms with E-state index in [9.17, 15) is 9.59 Å². The Bertz CT molecular complexity index is 1220. The summed E-state index contributed by atoms with van der Waals surface area (Å²) in [6, 6.07) is 11.2. The third-order valence-electron chi connectivity index (χ3n) is 9.15. The molecule has 3 atom stereocenters. The van der Waals surface area contributed by atoms with Gasteiger partial charge in [0.15, 0.2) is 25.6 Å². The van der Waals surface area contributed by atoms with Gasteiger partial charge in [0.25, 0.3) is 0 Å². The predicted molar refractivity (Wildman–Crippen MR) is 186 cm³/mol. The summed E-state index contributed by atoms with van der Waals surface area (Å²) in [4.78, 5) is 26.6. The van der Waals surface area contributed by atoms with Gasteiger partial charge >= 0.3 is 5.97 Å². The maximum atomic E-state index is 13.4. The number of rotatable bonds is 20. The maximum Gasteiger partial charge on any atom is 0.311 e. The van der Waals surface area contributed by atoms with Crippen molar-refractivity contribution in [3.8, 4) is 23.0 Å². The first kappa shape index (κ1) is 39.3. The fraction of sp³-hybridized carbons (Fsp3) is 0.622. The normalized spacial score (nSPS) is 13.9. The Morgan fingerprint density at radius 3 is 1.87 bits per heavy atom. The van der Waals surface area contributed by atoms with Gasteiger partial charge in [-0.3, -0.25) is 9.59 Å². The van der Waals surface area contributed by atoms with E-state index in [1.165, 1.54) is 14.2 Å². The number of carbonyl (C=O) groups excluding carboxylic acids is 2. The van der Waals surface area contributed by atoms with Gasteiger partial charge in [-0.1, -0.05) is 92.6 Å². The van der Waals surface area contributed by atoms with Gasteiger partial charge in [-0.15, -0.1) is 0 Å². The van der Waals surface area contributed by atoms with Gasteiger partial charge in [-0.2, -0.15) is 0 Å². The van der Waals surface area contributed by atoms with E-state index < -0.39 is 14.3 Å². The average Bonchev–Trinajstić information content (AvgIpc) is 3.02. The van der Waals surface area contributed by atoms with Crippen LogP contribution in [0.15, 0.2) is 36.4 Å². The minimum Gasteiger partial charge on any atom is -0.496 e. The topological polar surface area (TPSA) is 89.5 Å². The lowest BCUT2D eigenvalue weighted by molar-refractivity contribution is -0.135. The second kappa shape index (κ2) is 18.5. The zero-order valence-electron chi connectivity index (χ0n) is 30.2. The lowest BCUT2D eigenvalue weighted by Crippen LogP contribution is -2.49. The molecule has 0 aliphatic heterocycles. The number of methoxy groups -OCH3 is 3. The molecule has 0 saturated heterocycles. The first-order valence-corrected chi connectivity index (χ1v) is 18.8. The predicted octanol–water partition coefficient (Wildman–Crippen LogP) is 9.04. The summed E-state index contributed by atoms with van der Waals surface area (Å²) in [7, 11) is 2.65. The zero-order chi connectivity index (χ0) is 34.6. The molecule has 0 spiro atoms. The smallest absolute Gasteiger partial charge is 0.311 e. The van der Waals surface area contributed by atoms with Crippen molar-refractivity contribution in [2.24, 2.45) is 11.8 Å². The minimum absolute atomic E-state index is 0.0130. The molecule has 0 radical (unpaired) electrons. The second-order valence-corrected chi connectivity index (χ2v) is 18.6. The molecule has 0 bridgehead atoms. The largest absolute Gasteiger partial charge is 0.496 e. The Kier molecular flexibility index (Phi) is 15.8. The van der Waals surface area contributed by atoms with E-state index in [2.05, 4.69) is 55.4 Å². The summed E-state index contributed by atoms with van der Waals surface area (Å²) in [5, 5.41) is 0. The van der Waals surface area contributed by atoms with Crippen LogP contribution in [0.3, 0.4) is 0 Å². The molecule has 0 heterocycles. The molecule has 258 valence electrons. The number of Topliss-reactive ketones (excluding diaryl/α,β-unsaturated/α-hetero) is 1. The van der Waals surface area contributed by atoms with E-state index in [1.54, 1.807) is 20.1 Å². The van der Waals surface area contributed by atoms with Crippen LogP contribution in [0, 0.1) is 11.8 Å². The van der Waals surface area contributed by atoms with E-state index >= 15 is 0 Å². The van der Waals surface area contributed by atoms with Crippen LogP contribution in [0.2, 0.25) is 16.6 Å². The Morgan fingerprint density at radius 2 is 1.37 bits per heavy atom. The van der Waals surface area contributed by atoms with Crippen LogP contribution in [0.25, 0.3) is 0 Å². The van der Waals surface area contributed by atoms with Crippen molar-refractivity contribution in [1.82, 2.24) is 0 Å². The van der Waals surface area contributed by atoms with E-state index in [-0.39, 0.29) is 66.0 Å². The average molecular weight is 659 g/mol. The lowest BCUT2D eigenvalue weighted by Gasteiger charge is -2.43. The van der Waals surface area contributed by atoms with Crippen LogP contribution >= 0.6 is 0 Å². The van der Waals surface area contributed by atoms with Crippen molar-refractivity contribution in [2.75, 3.05) is 27.9 Å². The minimum atomic E-state index is -2.02. The highest BCUT2D eigenvalue weighted by Gasteiger charge is 2.45. The summed E-state index contributed by atoms with van der Waals surface area (Å²) >= 11 is 0. The van der Waals surface area contributed by atoms with Gasteiger partial charge < -0.3 is 28.1 Å². The van der Waals surface area contributed by atoms with Gasteiger partial charge in [0.2, 0.25) is 5.75 Å². The molecule has 0 N–H and O–H groups in total. The summed E-state index contributed by atoms with van der Waals surface area (Å²) in [6.45, 7) is 20.5. The monoisotopic (exact) mass is 658 g/mol. The molecular formula is C37H58O8Si. The molecule has 8 nitrogen and oxygen atoms in total. The van der Waals surface area contributed by atoms with Crippen LogP contribution in [0.1, 0.15) is 97.5 Å². The molecule has 46 heavy (non-hydrogen) atoms. The first-order chi connectivity index (χ1) is 21.8. The first-order valence-electron chi connectivity index (χ1n) is 16.6. The second-order valence-electron chi connectivity index (χ2n) is 13.2. The Morgan fingerprint density at radius 1 is 0.783 bits per heavy atom. The van der Waals surface area contributed by atoms with Gasteiger partial charge in [0.1, 0.15) is 17.9 Å². The van der Waals surface area contributed by atoms with E-state index in [4.69, 9.17) is 28.1 Å². The molecule has 0 fully saturated rings. The van der Waals surface area contributed by atoms with Gasteiger partial charge in [0, 0.05) is 38.5 Å². The summed E-state index contributed by atoms with van der Waals surface area (Å²) in [5.41, 5.74) is 2.55.